The monoisotopic (exact) mass is 314 g/mol. The van der Waals surface area contributed by atoms with Crippen LogP contribution in [0.4, 0.5) is 5.69 Å². The molecular weight excluding hydrogens is 296 g/mol. The molecule has 0 aliphatic rings. The van der Waals surface area contributed by atoms with Gasteiger partial charge in [0.2, 0.25) is 5.91 Å². The van der Waals surface area contributed by atoms with Gasteiger partial charge in [-0.3, -0.25) is 4.79 Å². The molecule has 2 atom stereocenters. The summed E-state index contributed by atoms with van der Waals surface area (Å²) in [5.74, 6) is -1.43. The van der Waals surface area contributed by atoms with E-state index < -0.39 is 12.1 Å². The smallest absolute Gasteiger partial charge is 0.335 e. The summed E-state index contributed by atoms with van der Waals surface area (Å²) in [5, 5.41) is 23.9. The first-order valence-electron chi connectivity index (χ1n) is 6.53. The summed E-state index contributed by atoms with van der Waals surface area (Å²) in [6, 6.07) is 4.08. The van der Waals surface area contributed by atoms with Gasteiger partial charge in [-0.1, -0.05) is 11.6 Å². The number of carboxylic acids is 1. The van der Waals surface area contributed by atoms with Gasteiger partial charge in [-0.25, -0.2) is 4.79 Å². The largest absolute Gasteiger partial charge is 0.478 e. The van der Waals surface area contributed by atoms with Crippen LogP contribution < -0.4 is 10.6 Å². The van der Waals surface area contributed by atoms with Crippen LogP contribution in [0, 0.1) is 0 Å². The summed E-state index contributed by atoms with van der Waals surface area (Å²) >= 11 is 5.92. The van der Waals surface area contributed by atoms with Gasteiger partial charge in [-0.15, -0.1) is 0 Å². The summed E-state index contributed by atoms with van der Waals surface area (Å²) in [6.45, 7) is 3.58. The van der Waals surface area contributed by atoms with Gasteiger partial charge in [0.15, 0.2) is 0 Å². The second kappa shape index (κ2) is 7.97. The maximum absolute atomic E-state index is 11.8. The molecule has 2 unspecified atom stereocenters. The fourth-order valence-electron chi connectivity index (χ4n) is 1.81. The van der Waals surface area contributed by atoms with Crippen molar-refractivity contribution < 1.29 is 19.8 Å². The Morgan fingerprint density at radius 3 is 2.57 bits per heavy atom. The Labute approximate surface area is 128 Å². The number of aliphatic hydroxyl groups excluding tert-OH is 1. The number of benzene rings is 1. The molecule has 116 valence electrons. The van der Waals surface area contributed by atoms with Gasteiger partial charge in [0.25, 0.3) is 0 Å². The number of carbonyl (C=O) groups is 2. The molecule has 6 nitrogen and oxygen atoms in total. The molecule has 0 fully saturated rings. The summed E-state index contributed by atoms with van der Waals surface area (Å²) in [5.41, 5.74) is 0.302. The number of hydrogen-bond acceptors (Lipinski definition) is 4. The number of carbonyl (C=O) groups excluding carboxylic acids is 1. The maximum atomic E-state index is 11.8. The standard InChI is InChI=1S/C14H19ClN2O4/c1-8(5-9(2)18)16-7-13(19)17-12-6-10(14(20)21)3-4-11(12)15/h3-4,6,8-9,16,18H,5,7H2,1-2H3,(H,17,19)(H,20,21). The quantitative estimate of drug-likeness (QED) is 0.614. The molecule has 0 spiro atoms. The van der Waals surface area contributed by atoms with Gasteiger partial charge in [-0.05, 0) is 38.5 Å². The van der Waals surface area contributed by atoms with E-state index in [-0.39, 0.29) is 34.8 Å². The Bertz CT molecular complexity index is 520. The third kappa shape index (κ3) is 6.12. The van der Waals surface area contributed by atoms with Crippen molar-refractivity contribution in [2.45, 2.75) is 32.4 Å². The number of amides is 1. The van der Waals surface area contributed by atoms with Crippen molar-refractivity contribution in [1.82, 2.24) is 5.32 Å². The maximum Gasteiger partial charge on any atom is 0.335 e. The molecule has 1 aromatic rings. The average molecular weight is 315 g/mol. The zero-order chi connectivity index (χ0) is 16.0. The minimum absolute atomic E-state index is 0.0171. The molecule has 1 amide bonds. The first kappa shape index (κ1) is 17.4. The summed E-state index contributed by atoms with van der Waals surface area (Å²) in [6.07, 6.45) is 0.0833. The molecule has 0 aromatic heterocycles. The van der Waals surface area contributed by atoms with Crippen LogP contribution >= 0.6 is 11.6 Å². The van der Waals surface area contributed by atoms with Gasteiger partial charge < -0.3 is 20.8 Å². The van der Waals surface area contributed by atoms with Gasteiger partial charge in [0.05, 0.1) is 28.9 Å². The van der Waals surface area contributed by atoms with Gasteiger partial charge in [0, 0.05) is 6.04 Å². The van der Waals surface area contributed by atoms with Crippen LogP contribution in [0.25, 0.3) is 0 Å². The molecule has 1 aromatic carbocycles. The fraction of sp³-hybridized carbons (Fsp3) is 0.429. The molecule has 0 bridgehead atoms. The molecule has 0 saturated carbocycles. The number of halogens is 1. The van der Waals surface area contributed by atoms with E-state index in [1.54, 1.807) is 6.92 Å². The predicted octanol–water partition coefficient (Wildman–Crippen LogP) is 1.73. The van der Waals surface area contributed by atoms with Crippen LogP contribution in [0.3, 0.4) is 0 Å². The topological polar surface area (TPSA) is 98.7 Å². The van der Waals surface area contributed by atoms with E-state index in [0.29, 0.717) is 6.42 Å². The highest BCUT2D eigenvalue weighted by atomic mass is 35.5. The van der Waals surface area contributed by atoms with Crippen molar-refractivity contribution in [3.05, 3.63) is 28.8 Å². The van der Waals surface area contributed by atoms with E-state index in [1.165, 1.54) is 18.2 Å². The van der Waals surface area contributed by atoms with E-state index >= 15 is 0 Å². The Morgan fingerprint density at radius 2 is 2.00 bits per heavy atom. The van der Waals surface area contributed by atoms with E-state index in [1.807, 2.05) is 6.92 Å². The van der Waals surface area contributed by atoms with Crippen molar-refractivity contribution in [2.24, 2.45) is 0 Å². The molecule has 0 aliphatic heterocycles. The Balaban J connectivity index is 2.58. The minimum Gasteiger partial charge on any atom is -0.478 e. The number of aromatic carboxylic acids is 1. The molecule has 1 rings (SSSR count). The minimum atomic E-state index is -1.09. The summed E-state index contributed by atoms with van der Waals surface area (Å²) < 4.78 is 0. The third-order valence-electron chi connectivity index (χ3n) is 2.79. The average Bonchev–Trinajstić information content (AvgIpc) is 2.38. The second-order valence-electron chi connectivity index (χ2n) is 4.91. The highest BCUT2D eigenvalue weighted by Crippen LogP contribution is 2.22. The Morgan fingerprint density at radius 1 is 1.33 bits per heavy atom. The molecule has 7 heteroatoms. The SMILES string of the molecule is CC(O)CC(C)NCC(=O)Nc1cc(C(=O)O)ccc1Cl. The second-order valence-corrected chi connectivity index (χ2v) is 5.32. The van der Waals surface area contributed by atoms with Crippen LogP contribution in [0.15, 0.2) is 18.2 Å². The lowest BCUT2D eigenvalue weighted by Crippen LogP contribution is -2.36. The number of hydrogen-bond donors (Lipinski definition) is 4. The molecule has 0 aliphatic carbocycles. The first-order chi connectivity index (χ1) is 9.79. The van der Waals surface area contributed by atoms with Gasteiger partial charge in [-0.2, -0.15) is 0 Å². The zero-order valence-electron chi connectivity index (χ0n) is 11.9. The molecule has 4 N–H and O–H groups in total. The molecular formula is C14H19ClN2O4. The molecule has 0 saturated heterocycles. The van der Waals surface area contributed by atoms with E-state index in [9.17, 15) is 14.7 Å². The normalized spacial score (nSPS) is 13.5. The van der Waals surface area contributed by atoms with E-state index in [4.69, 9.17) is 16.7 Å². The van der Waals surface area contributed by atoms with Gasteiger partial charge >= 0.3 is 5.97 Å². The van der Waals surface area contributed by atoms with Crippen LogP contribution in [0.2, 0.25) is 5.02 Å². The summed E-state index contributed by atoms with van der Waals surface area (Å²) in [7, 11) is 0. The van der Waals surface area contributed by atoms with E-state index in [2.05, 4.69) is 10.6 Å². The number of rotatable bonds is 7. The molecule has 0 radical (unpaired) electrons. The van der Waals surface area contributed by atoms with Crippen molar-refractivity contribution in [2.75, 3.05) is 11.9 Å². The van der Waals surface area contributed by atoms with Crippen LogP contribution in [-0.2, 0) is 4.79 Å². The van der Waals surface area contributed by atoms with Crippen LogP contribution in [0.5, 0.6) is 0 Å². The van der Waals surface area contributed by atoms with Crippen LogP contribution in [-0.4, -0.2) is 40.8 Å². The van der Waals surface area contributed by atoms with Crippen molar-refractivity contribution >= 4 is 29.2 Å². The third-order valence-corrected chi connectivity index (χ3v) is 3.12. The van der Waals surface area contributed by atoms with E-state index in [0.717, 1.165) is 0 Å². The summed E-state index contributed by atoms with van der Waals surface area (Å²) in [4.78, 5) is 22.7. The number of nitrogens with one attached hydrogen (secondary N) is 2. The first-order valence-corrected chi connectivity index (χ1v) is 6.91. The predicted molar refractivity (Wildman–Crippen MR) is 80.8 cm³/mol. The number of carboxylic acid groups (broad SMARTS) is 1. The molecule has 21 heavy (non-hydrogen) atoms. The highest BCUT2D eigenvalue weighted by molar-refractivity contribution is 6.33. The number of anilines is 1. The van der Waals surface area contributed by atoms with Crippen molar-refractivity contribution in [3.63, 3.8) is 0 Å². The molecule has 0 heterocycles. The van der Waals surface area contributed by atoms with Crippen LogP contribution in [0.1, 0.15) is 30.6 Å². The lowest BCUT2D eigenvalue weighted by molar-refractivity contribution is -0.115. The highest BCUT2D eigenvalue weighted by Gasteiger charge is 2.11. The Kier molecular flexibility index (Phi) is 6.61. The van der Waals surface area contributed by atoms with Crippen molar-refractivity contribution in [1.29, 1.82) is 0 Å². The number of aliphatic hydroxyl groups is 1. The van der Waals surface area contributed by atoms with Gasteiger partial charge in [0.1, 0.15) is 0 Å². The lowest BCUT2D eigenvalue weighted by atomic mass is 10.1. The lowest BCUT2D eigenvalue weighted by Gasteiger charge is -2.15. The Hall–Kier alpha value is -1.63. The fourth-order valence-corrected chi connectivity index (χ4v) is 1.98. The van der Waals surface area contributed by atoms with Crippen molar-refractivity contribution in [3.8, 4) is 0 Å². The zero-order valence-corrected chi connectivity index (χ0v) is 12.6.